The number of nitrogens with zero attached hydrogens (tertiary/aromatic N) is 3. The van der Waals surface area contributed by atoms with E-state index >= 15 is 0 Å². The van der Waals surface area contributed by atoms with Crippen LogP contribution in [0.15, 0.2) is 30.5 Å². The summed E-state index contributed by atoms with van der Waals surface area (Å²) in [6.07, 6.45) is 1.34. The van der Waals surface area contributed by atoms with Gasteiger partial charge in [-0.2, -0.15) is 10.4 Å². The molecule has 94 valence electrons. The van der Waals surface area contributed by atoms with Crippen LogP contribution in [0, 0.1) is 11.3 Å². The summed E-state index contributed by atoms with van der Waals surface area (Å²) in [5, 5.41) is 25.4. The van der Waals surface area contributed by atoms with Gasteiger partial charge >= 0.3 is 5.97 Å². The number of carboxylic acids is 1. The number of benzene rings is 1. The lowest BCUT2D eigenvalue weighted by molar-refractivity contribution is 0.0694. The second-order valence-electron chi connectivity index (χ2n) is 3.41. The minimum absolute atomic E-state index is 0.0360. The van der Waals surface area contributed by atoms with Gasteiger partial charge in [0.15, 0.2) is 0 Å². The van der Waals surface area contributed by atoms with Crippen LogP contribution >= 0.6 is 11.6 Å². The molecule has 0 saturated carbocycles. The molecule has 2 aromatic rings. The molecule has 0 aliphatic heterocycles. The van der Waals surface area contributed by atoms with Crippen molar-refractivity contribution in [3.8, 4) is 17.7 Å². The number of aromatic carboxylic acids is 1. The first kappa shape index (κ1) is 12.8. The lowest BCUT2D eigenvalue weighted by atomic mass is 10.2. The van der Waals surface area contributed by atoms with Gasteiger partial charge in [-0.15, -0.1) is 5.10 Å². The Balaban J connectivity index is 2.44. The Morgan fingerprint density at radius 2 is 2.21 bits per heavy atom. The second kappa shape index (κ2) is 5.33. The first-order chi connectivity index (χ1) is 9.11. The van der Waals surface area contributed by atoms with Gasteiger partial charge in [0.2, 0.25) is 0 Å². The average Bonchev–Trinajstić information content (AvgIpc) is 2.41. The molecule has 0 aliphatic rings. The molecule has 1 heterocycles. The first-order valence-electron chi connectivity index (χ1n) is 5.04. The molecule has 0 bridgehead atoms. The van der Waals surface area contributed by atoms with Gasteiger partial charge in [-0.1, -0.05) is 11.6 Å². The Labute approximate surface area is 112 Å². The third kappa shape index (κ3) is 2.78. The molecule has 0 saturated heterocycles. The maximum absolute atomic E-state index is 11.1. The molecule has 1 aromatic heterocycles. The summed E-state index contributed by atoms with van der Waals surface area (Å²) >= 11 is 5.72. The van der Waals surface area contributed by atoms with Crippen LogP contribution in [0.25, 0.3) is 0 Å². The van der Waals surface area contributed by atoms with Crippen molar-refractivity contribution in [2.45, 2.75) is 0 Å². The summed E-state index contributed by atoms with van der Waals surface area (Å²) in [5.41, 5.74) is 0.0309. The topological polar surface area (TPSA) is 96.1 Å². The molecular formula is C12H6ClN3O3. The third-order valence-corrected chi connectivity index (χ3v) is 2.42. The van der Waals surface area contributed by atoms with E-state index in [0.29, 0.717) is 0 Å². The van der Waals surface area contributed by atoms with Crippen molar-refractivity contribution >= 4 is 17.6 Å². The highest BCUT2D eigenvalue weighted by Crippen LogP contribution is 2.28. The lowest BCUT2D eigenvalue weighted by Crippen LogP contribution is -2.02. The predicted molar refractivity (Wildman–Crippen MR) is 65.2 cm³/mol. The largest absolute Gasteiger partial charge is 0.478 e. The van der Waals surface area contributed by atoms with Crippen LogP contribution < -0.4 is 4.74 Å². The Kier molecular flexibility index (Phi) is 3.59. The molecule has 0 atom stereocenters. The average molecular weight is 276 g/mol. The zero-order valence-corrected chi connectivity index (χ0v) is 10.1. The Hall–Kier alpha value is -2.65. The van der Waals surface area contributed by atoms with Crippen LogP contribution in [-0.2, 0) is 0 Å². The number of carbonyl (C=O) groups is 1. The third-order valence-electron chi connectivity index (χ3n) is 2.19. The van der Waals surface area contributed by atoms with E-state index in [1.807, 2.05) is 6.07 Å². The van der Waals surface area contributed by atoms with Crippen LogP contribution in [0.4, 0.5) is 0 Å². The lowest BCUT2D eigenvalue weighted by Gasteiger charge is -2.08. The van der Waals surface area contributed by atoms with E-state index in [9.17, 15) is 4.79 Å². The minimum atomic E-state index is -1.19. The summed E-state index contributed by atoms with van der Waals surface area (Å²) in [7, 11) is 0. The summed E-state index contributed by atoms with van der Waals surface area (Å²) in [6.45, 7) is 0. The van der Waals surface area contributed by atoms with Crippen molar-refractivity contribution in [1.82, 2.24) is 10.2 Å². The molecule has 6 nitrogen and oxygen atoms in total. The van der Waals surface area contributed by atoms with Crippen molar-refractivity contribution in [3.63, 3.8) is 0 Å². The zero-order valence-electron chi connectivity index (χ0n) is 9.37. The highest BCUT2D eigenvalue weighted by molar-refractivity contribution is 6.31. The van der Waals surface area contributed by atoms with Gasteiger partial charge in [-0.25, -0.2) is 4.79 Å². The van der Waals surface area contributed by atoms with Crippen molar-refractivity contribution in [3.05, 3.63) is 46.6 Å². The molecule has 0 unspecified atom stereocenters. The standard InChI is InChI=1S/C12H6ClN3O3/c13-8-1-2-10(9(5-8)12(17)18)19-11-7(6-14)3-4-15-16-11/h1-5H,(H,17,18). The van der Waals surface area contributed by atoms with Crippen molar-refractivity contribution in [1.29, 1.82) is 5.26 Å². The highest BCUT2D eigenvalue weighted by atomic mass is 35.5. The Morgan fingerprint density at radius 1 is 1.42 bits per heavy atom. The van der Waals surface area contributed by atoms with Crippen LogP contribution in [0.5, 0.6) is 11.6 Å². The van der Waals surface area contributed by atoms with E-state index < -0.39 is 5.97 Å². The summed E-state index contributed by atoms with van der Waals surface area (Å²) in [4.78, 5) is 11.1. The van der Waals surface area contributed by atoms with E-state index in [0.717, 1.165) is 0 Å². The molecule has 7 heteroatoms. The van der Waals surface area contributed by atoms with Gasteiger partial charge in [0.05, 0.1) is 6.20 Å². The number of halogens is 1. The number of nitriles is 1. The van der Waals surface area contributed by atoms with E-state index in [-0.39, 0.29) is 27.8 Å². The number of ether oxygens (including phenoxy) is 1. The van der Waals surface area contributed by atoms with Gasteiger partial charge in [-0.05, 0) is 24.3 Å². The number of hydrogen-bond donors (Lipinski definition) is 1. The van der Waals surface area contributed by atoms with Gasteiger partial charge < -0.3 is 9.84 Å². The highest BCUT2D eigenvalue weighted by Gasteiger charge is 2.15. The van der Waals surface area contributed by atoms with E-state index in [4.69, 9.17) is 26.7 Å². The summed E-state index contributed by atoms with van der Waals surface area (Å²) in [5.74, 6) is -1.22. The molecule has 1 N–H and O–H groups in total. The van der Waals surface area contributed by atoms with E-state index in [1.54, 1.807) is 0 Å². The van der Waals surface area contributed by atoms with Crippen LogP contribution in [-0.4, -0.2) is 21.3 Å². The normalized spacial score (nSPS) is 9.68. The summed E-state index contributed by atoms with van der Waals surface area (Å²) < 4.78 is 5.31. The van der Waals surface area contributed by atoms with Crippen LogP contribution in [0.3, 0.4) is 0 Å². The number of aromatic nitrogens is 2. The summed E-state index contributed by atoms with van der Waals surface area (Å²) in [6, 6.07) is 7.41. The van der Waals surface area contributed by atoms with Gasteiger partial charge in [0, 0.05) is 5.02 Å². The molecule has 1 aromatic carbocycles. The smallest absolute Gasteiger partial charge is 0.339 e. The fraction of sp³-hybridized carbons (Fsp3) is 0. The van der Waals surface area contributed by atoms with Crippen molar-refractivity contribution in [2.24, 2.45) is 0 Å². The maximum atomic E-state index is 11.1. The Morgan fingerprint density at radius 3 is 2.89 bits per heavy atom. The molecule has 0 spiro atoms. The molecule has 0 fully saturated rings. The monoisotopic (exact) mass is 275 g/mol. The molecule has 0 aliphatic carbocycles. The molecular weight excluding hydrogens is 270 g/mol. The quantitative estimate of drug-likeness (QED) is 0.924. The first-order valence-corrected chi connectivity index (χ1v) is 5.42. The number of hydrogen-bond acceptors (Lipinski definition) is 5. The SMILES string of the molecule is N#Cc1ccnnc1Oc1ccc(Cl)cc1C(=O)O. The maximum Gasteiger partial charge on any atom is 0.339 e. The van der Waals surface area contributed by atoms with E-state index in [1.165, 1.54) is 30.5 Å². The van der Waals surface area contributed by atoms with E-state index in [2.05, 4.69) is 10.2 Å². The molecule has 0 radical (unpaired) electrons. The van der Waals surface area contributed by atoms with Gasteiger partial charge in [-0.3, -0.25) is 0 Å². The molecule has 19 heavy (non-hydrogen) atoms. The van der Waals surface area contributed by atoms with Crippen LogP contribution in [0.2, 0.25) is 5.02 Å². The number of carboxylic acid groups (broad SMARTS) is 1. The number of rotatable bonds is 3. The Bertz CT molecular complexity index is 682. The van der Waals surface area contributed by atoms with Gasteiger partial charge in [0.25, 0.3) is 5.88 Å². The predicted octanol–water partition coefficient (Wildman–Crippen LogP) is 2.49. The second-order valence-corrected chi connectivity index (χ2v) is 3.85. The fourth-order valence-electron chi connectivity index (χ4n) is 1.34. The van der Waals surface area contributed by atoms with Crippen LogP contribution in [0.1, 0.15) is 15.9 Å². The molecule has 0 amide bonds. The van der Waals surface area contributed by atoms with Crippen molar-refractivity contribution < 1.29 is 14.6 Å². The van der Waals surface area contributed by atoms with Crippen molar-refractivity contribution in [2.75, 3.05) is 0 Å². The fourth-order valence-corrected chi connectivity index (χ4v) is 1.51. The van der Waals surface area contributed by atoms with Gasteiger partial charge in [0.1, 0.15) is 22.9 Å². The zero-order chi connectivity index (χ0) is 13.8. The minimum Gasteiger partial charge on any atom is -0.478 e. The molecule has 2 rings (SSSR count).